The van der Waals surface area contributed by atoms with E-state index in [9.17, 15) is 4.79 Å². The van der Waals surface area contributed by atoms with E-state index in [1.54, 1.807) is 18.3 Å². The lowest BCUT2D eigenvalue weighted by atomic mass is 10.00. The van der Waals surface area contributed by atoms with Gasteiger partial charge in [-0.05, 0) is 49.6 Å². The molecular weight excluding hydrogens is 300 g/mol. The lowest BCUT2D eigenvalue weighted by Crippen LogP contribution is -2.13. The van der Waals surface area contributed by atoms with E-state index in [0.29, 0.717) is 23.2 Å². The number of hydrogen-bond donors (Lipinski definition) is 1. The van der Waals surface area contributed by atoms with Gasteiger partial charge >= 0.3 is 0 Å². The Bertz CT molecular complexity index is 954. The van der Waals surface area contributed by atoms with Crippen LogP contribution in [0.15, 0.2) is 42.6 Å². The number of nitrogens with one attached hydrogen (secondary N) is 1. The Morgan fingerprint density at radius 3 is 2.54 bits per heavy atom. The van der Waals surface area contributed by atoms with Crippen LogP contribution < -0.4 is 5.32 Å². The van der Waals surface area contributed by atoms with Crippen molar-refractivity contribution in [2.24, 2.45) is 0 Å². The quantitative estimate of drug-likeness (QED) is 0.783. The van der Waals surface area contributed by atoms with Crippen LogP contribution in [0.1, 0.15) is 52.8 Å². The van der Waals surface area contributed by atoms with Crippen molar-refractivity contribution in [3.05, 3.63) is 59.5 Å². The maximum absolute atomic E-state index is 12.4. The molecule has 2 aromatic heterocycles. The number of nitrogens with zero attached hydrogens (tertiary/aromatic N) is 3. The number of benzene rings is 1. The third kappa shape index (κ3) is 2.08. The fourth-order valence-electron chi connectivity index (χ4n) is 3.93. The highest BCUT2D eigenvalue weighted by Crippen LogP contribution is 2.51. The largest absolute Gasteiger partial charge is 0.307 e. The number of hydrogen-bond acceptors (Lipinski definition) is 4. The number of pyridine rings is 1. The summed E-state index contributed by atoms with van der Waals surface area (Å²) < 4.78 is 0. The Morgan fingerprint density at radius 2 is 1.79 bits per heavy atom. The first kappa shape index (κ1) is 13.6. The Kier molecular flexibility index (Phi) is 2.89. The predicted octanol–water partition coefficient (Wildman–Crippen LogP) is 3.64. The number of carbonyl (C=O) groups is 1. The van der Waals surface area contributed by atoms with Gasteiger partial charge in [0, 0.05) is 23.6 Å². The lowest BCUT2D eigenvalue weighted by molar-refractivity contribution is 0.102. The van der Waals surface area contributed by atoms with E-state index in [0.717, 1.165) is 16.7 Å². The highest BCUT2D eigenvalue weighted by molar-refractivity contribution is 6.05. The average Bonchev–Trinajstić information content (AvgIpc) is 3.22. The van der Waals surface area contributed by atoms with Gasteiger partial charge in [-0.2, -0.15) is 0 Å². The molecule has 5 rings (SSSR count). The average molecular weight is 316 g/mol. The summed E-state index contributed by atoms with van der Waals surface area (Å²) in [6, 6.07) is 10.9. The van der Waals surface area contributed by atoms with Crippen LogP contribution in [-0.4, -0.2) is 20.9 Å². The summed E-state index contributed by atoms with van der Waals surface area (Å²) in [5.74, 6) is 1.52. The van der Waals surface area contributed by atoms with Crippen molar-refractivity contribution in [1.29, 1.82) is 0 Å². The minimum Gasteiger partial charge on any atom is -0.307 e. The van der Waals surface area contributed by atoms with Crippen LogP contribution in [0.25, 0.3) is 11.0 Å². The van der Waals surface area contributed by atoms with E-state index in [1.807, 2.05) is 24.3 Å². The van der Waals surface area contributed by atoms with Crippen molar-refractivity contribution in [1.82, 2.24) is 15.0 Å². The van der Waals surface area contributed by atoms with Gasteiger partial charge in [-0.3, -0.25) is 4.79 Å². The van der Waals surface area contributed by atoms with Gasteiger partial charge < -0.3 is 5.32 Å². The Balaban J connectivity index is 1.51. The number of carbonyl (C=O) groups excluding carboxylic acids is 1. The van der Waals surface area contributed by atoms with Gasteiger partial charge in [-0.25, -0.2) is 15.0 Å². The molecule has 5 nitrogen and oxygen atoms in total. The Hall–Kier alpha value is -2.82. The molecule has 2 atom stereocenters. The van der Waals surface area contributed by atoms with E-state index >= 15 is 0 Å². The van der Waals surface area contributed by atoms with Gasteiger partial charge in [0.1, 0.15) is 5.82 Å². The molecule has 2 aliphatic rings. The van der Waals surface area contributed by atoms with Crippen molar-refractivity contribution in [3.63, 3.8) is 0 Å². The minimum absolute atomic E-state index is 0.181. The maximum Gasteiger partial charge on any atom is 0.256 e. The van der Waals surface area contributed by atoms with Crippen LogP contribution in [0.5, 0.6) is 0 Å². The third-order valence-electron chi connectivity index (χ3n) is 5.09. The molecule has 1 aromatic carbocycles. The summed E-state index contributed by atoms with van der Waals surface area (Å²) in [7, 11) is 0. The van der Waals surface area contributed by atoms with Crippen LogP contribution in [-0.2, 0) is 0 Å². The molecule has 1 amide bonds. The zero-order valence-corrected chi connectivity index (χ0v) is 13.1. The number of rotatable bonds is 2. The van der Waals surface area contributed by atoms with E-state index in [1.165, 1.54) is 25.0 Å². The van der Waals surface area contributed by atoms with Crippen molar-refractivity contribution >= 4 is 22.8 Å². The smallest absolute Gasteiger partial charge is 0.256 e. The predicted molar refractivity (Wildman–Crippen MR) is 91.1 cm³/mol. The van der Waals surface area contributed by atoms with Gasteiger partial charge in [-0.1, -0.05) is 6.07 Å². The van der Waals surface area contributed by atoms with E-state index in [-0.39, 0.29) is 5.91 Å². The van der Waals surface area contributed by atoms with Gasteiger partial charge in [0.15, 0.2) is 0 Å². The summed E-state index contributed by atoms with van der Waals surface area (Å²) in [6.45, 7) is 0. The molecule has 1 fully saturated rings. The zero-order chi connectivity index (χ0) is 16.1. The van der Waals surface area contributed by atoms with Crippen molar-refractivity contribution in [3.8, 4) is 0 Å². The van der Waals surface area contributed by atoms with Gasteiger partial charge in [0.25, 0.3) is 5.91 Å². The van der Waals surface area contributed by atoms with Gasteiger partial charge in [-0.15, -0.1) is 0 Å². The molecule has 3 aromatic rings. The summed E-state index contributed by atoms with van der Waals surface area (Å²) in [5.41, 5.74) is 4.58. The second-order valence-corrected chi connectivity index (χ2v) is 6.57. The molecule has 2 aliphatic carbocycles. The molecule has 24 heavy (non-hydrogen) atoms. The molecule has 1 saturated carbocycles. The van der Waals surface area contributed by atoms with Crippen molar-refractivity contribution in [2.45, 2.75) is 31.1 Å². The Labute approximate surface area is 139 Å². The van der Waals surface area contributed by atoms with E-state index < -0.39 is 0 Å². The van der Waals surface area contributed by atoms with Crippen molar-refractivity contribution < 1.29 is 4.79 Å². The number of anilines is 1. The summed E-state index contributed by atoms with van der Waals surface area (Å²) in [4.78, 5) is 26.2. The molecule has 2 heterocycles. The minimum atomic E-state index is -0.181. The first-order valence-corrected chi connectivity index (χ1v) is 8.32. The standard InChI is InChI=1S/C19H16N4O/c24-19(23-16-3-1-2-8-20-16)13-6-7-14-15(10-13)22-18-12-5-4-11(9-12)17(18)21-14/h1-3,6-8,10-12H,4-5,9H2,(H,20,23,24). The molecule has 0 spiro atoms. The Morgan fingerprint density at radius 1 is 1.00 bits per heavy atom. The fourth-order valence-corrected chi connectivity index (χ4v) is 3.93. The molecule has 0 saturated heterocycles. The molecular formula is C19H16N4O. The van der Waals surface area contributed by atoms with Crippen LogP contribution >= 0.6 is 0 Å². The first-order valence-electron chi connectivity index (χ1n) is 8.32. The van der Waals surface area contributed by atoms with E-state index in [2.05, 4.69) is 10.3 Å². The monoisotopic (exact) mass is 316 g/mol. The SMILES string of the molecule is O=C(Nc1ccccn1)c1ccc2nc3c(nc2c1)C1CCC3C1. The first-order chi connectivity index (χ1) is 11.8. The van der Waals surface area contributed by atoms with E-state index in [4.69, 9.17) is 9.97 Å². The molecule has 5 heteroatoms. The maximum atomic E-state index is 12.4. The highest BCUT2D eigenvalue weighted by atomic mass is 16.1. The van der Waals surface area contributed by atoms with Crippen molar-refractivity contribution in [2.75, 3.05) is 5.32 Å². The zero-order valence-electron chi connectivity index (χ0n) is 13.1. The normalized spacial score (nSPS) is 21.0. The fraction of sp³-hybridized carbons (Fsp3) is 0.263. The lowest BCUT2D eigenvalue weighted by Gasteiger charge is -2.14. The number of amides is 1. The summed E-state index contributed by atoms with van der Waals surface area (Å²) >= 11 is 0. The third-order valence-corrected chi connectivity index (χ3v) is 5.09. The van der Waals surface area contributed by atoms with Gasteiger partial charge in [0.05, 0.1) is 22.4 Å². The molecule has 1 N–H and O–H groups in total. The number of fused-ring (bicyclic) bond motifs is 6. The summed E-state index contributed by atoms with van der Waals surface area (Å²) in [5, 5.41) is 2.80. The molecule has 0 aliphatic heterocycles. The topological polar surface area (TPSA) is 67.8 Å². The van der Waals surface area contributed by atoms with Crippen LogP contribution in [0, 0.1) is 0 Å². The second kappa shape index (κ2) is 5.09. The van der Waals surface area contributed by atoms with Gasteiger partial charge in [0.2, 0.25) is 0 Å². The van der Waals surface area contributed by atoms with Crippen LogP contribution in [0.3, 0.4) is 0 Å². The molecule has 2 bridgehead atoms. The molecule has 0 radical (unpaired) electrons. The van der Waals surface area contributed by atoms with Crippen LogP contribution in [0.2, 0.25) is 0 Å². The summed E-state index contributed by atoms with van der Waals surface area (Å²) in [6.07, 6.45) is 5.30. The molecule has 118 valence electrons. The highest BCUT2D eigenvalue weighted by Gasteiger charge is 2.39. The van der Waals surface area contributed by atoms with Crippen LogP contribution in [0.4, 0.5) is 5.82 Å². The second-order valence-electron chi connectivity index (χ2n) is 6.57. The molecule has 2 unspecified atom stereocenters. The number of aromatic nitrogens is 3.